The SMILES string of the molecule is Cc1nc(-c2cccc(SONCC(=O)NC(CC3CC3)B(O)O)c2)cs1. The number of carbonyl (C=O) groups excluding carboxylic acids is 1. The Morgan fingerprint density at radius 3 is 2.96 bits per heavy atom. The lowest BCUT2D eigenvalue weighted by Gasteiger charge is -2.17. The average Bonchev–Trinajstić information content (AvgIpc) is 3.36. The van der Waals surface area contributed by atoms with Crippen molar-refractivity contribution in [2.75, 3.05) is 6.54 Å². The topological polar surface area (TPSA) is 104 Å². The third-order valence-corrected chi connectivity index (χ3v) is 5.59. The molecule has 1 atom stereocenters. The molecule has 1 fully saturated rings. The molecule has 27 heavy (non-hydrogen) atoms. The van der Waals surface area contributed by atoms with Gasteiger partial charge in [0.1, 0.15) is 6.54 Å². The van der Waals surface area contributed by atoms with Crippen molar-refractivity contribution in [2.24, 2.45) is 5.92 Å². The van der Waals surface area contributed by atoms with E-state index in [0.29, 0.717) is 12.3 Å². The van der Waals surface area contributed by atoms with Crippen molar-refractivity contribution in [2.45, 2.75) is 37.0 Å². The number of nitrogens with one attached hydrogen (secondary N) is 2. The summed E-state index contributed by atoms with van der Waals surface area (Å²) in [6, 6.07) is 7.78. The maximum atomic E-state index is 11.9. The van der Waals surface area contributed by atoms with Crippen molar-refractivity contribution in [3.63, 3.8) is 0 Å². The van der Waals surface area contributed by atoms with Crippen LogP contribution in [0.25, 0.3) is 11.3 Å². The fourth-order valence-corrected chi connectivity index (χ4v) is 3.75. The second-order valence-electron chi connectivity index (χ2n) is 6.53. The average molecular weight is 407 g/mol. The van der Waals surface area contributed by atoms with Gasteiger partial charge >= 0.3 is 7.12 Å². The molecule has 0 radical (unpaired) electrons. The molecule has 0 saturated heterocycles. The van der Waals surface area contributed by atoms with Crippen LogP contribution in [0.5, 0.6) is 0 Å². The van der Waals surface area contributed by atoms with Gasteiger partial charge in [0.15, 0.2) is 0 Å². The van der Waals surface area contributed by atoms with Crippen LogP contribution in [0, 0.1) is 12.8 Å². The number of thiazole rings is 1. The minimum absolute atomic E-state index is 0.0775. The molecule has 0 aliphatic heterocycles. The van der Waals surface area contributed by atoms with E-state index in [1.54, 1.807) is 11.3 Å². The van der Waals surface area contributed by atoms with Crippen LogP contribution in [-0.2, 0) is 9.08 Å². The van der Waals surface area contributed by atoms with E-state index in [1.165, 1.54) is 0 Å². The van der Waals surface area contributed by atoms with E-state index in [0.717, 1.165) is 46.0 Å². The Morgan fingerprint density at radius 1 is 1.48 bits per heavy atom. The van der Waals surface area contributed by atoms with E-state index in [4.69, 9.17) is 4.28 Å². The van der Waals surface area contributed by atoms with Crippen molar-refractivity contribution in [3.05, 3.63) is 34.7 Å². The van der Waals surface area contributed by atoms with E-state index in [2.05, 4.69) is 15.8 Å². The van der Waals surface area contributed by atoms with Gasteiger partial charge in [0, 0.05) is 15.8 Å². The van der Waals surface area contributed by atoms with Gasteiger partial charge in [-0.1, -0.05) is 25.0 Å². The van der Waals surface area contributed by atoms with Crippen molar-refractivity contribution in [1.29, 1.82) is 0 Å². The summed E-state index contributed by atoms with van der Waals surface area (Å²) in [7, 11) is -1.55. The zero-order valence-electron chi connectivity index (χ0n) is 14.9. The number of aryl methyl sites for hydroxylation is 1. The lowest BCUT2D eigenvalue weighted by atomic mass is 9.76. The first-order valence-electron chi connectivity index (χ1n) is 8.75. The van der Waals surface area contributed by atoms with Gasteiger partial charge in [-0.05, 0) is 31.4 Å². The van der Waals surface area contributed by atoms with E-state index < -0.39 is 13.1 Å². The first-order chi connectivity index (χ1) is 13.0. The molecule has 1 heterocycles. The number of aromatic nitrogens is 1. The molecule has 10 heteroatoms. The summed E-state index contributed by atoms with van der Waals surface area (Å²) in [5.74, 6) is -0.510. The molecule has 1 saturated carbocycles. The summed E-state index contributed by atoms with van der Waals surface area (Å²) in [5, 5.41) is 24.4. The van der Waals surface area contributed by atoms with Gasteiger partial charge in [-0.15, -0.1) is 11.3 Å². The highest BCUT2D eigenvalue weighted by atomic mass is 32.2. The number of carbonyl (C=O) groups is 1. The molecule has 4 N–H and O–H groups in total. The van der Waals surface area contributed by atoms with Gasteiger partial charge < -0.3 is 15.4 Å². The molecule has 7 nitrogen and oxygen atoms in total. The number of amides is 1. The number of hydroxylamine groups is 1. The highest BCUT2D eigenvalue weighted by Crippen LogP contribution is 2.33. The molecule has 1 unspecified atom stereocenters. The number of hydrogen-bond acceptors (Lipinski definition) is 8. The van der Waals surface area contributed by atoms with Gasteiger partial charge in [-0.3, -0.25) is 4.79 Å². The minimum Gasteiger partial charge on any atom is -0.426 e. The summed E-state index contributed by atoms with van der Waals surface area (Å²) in [4.78, 5) is 17.3. The minimum atomic E-state index is -1.55. The van der Waals surface area contributed by atoms with Crippen LogP contribution in [0.4, 0.5) is 0 Å². The predicted octanol–water partition coefficient (Wildman–Crippen LogP) is 1.94. The first kappa shape index (κ1) is 20.3. The van der Waals surface area contributed by atoms with Crippen LogP contribution in [0.2, 0.25) is 0 Å². The van der Waals surface area contributed by atoms with Crippen LogP contribution in [0.3, 0.4) is 0 Å². The molecule has 1 aromatic heterocycles. The Balaban J connectivity index is 1.41. The normalized spacial score (nSPS) is 14.8. The molecule has 0 spiro atoms. The molecular formula is C17H22BN3O4S2. The molecule has 1 aliphatic carbocycles. The Morgan fingerprint density at radius 2 is 2.30 bits per heavy atom. The van der Waals surface area contributed by atoms with E-state index in [9.17, 15) is 14.8 Å². The third-order valence-electron chi connectivity index (χ3n) is 4.17. The summed E-state index contributed by atoms with van der Waals surface area (Å²) in [6.45, 7) is 1.89. The molecular weight excluding hydrogens is 385 g/mol. The number of hydrogen-bond donors (Lipinski definition) is 4. The summed E-state index contributed by atoms with van der Waals surface area (Å²) < 4.78 is 5.28. The summed E-state index contributed by atoms with van der Waals surface area (Å²) in [5.41, 5.74) is 4.52. The zero-order valence-corrected chi connectivity index (χ0v) is 16.6. The van der Waals surface area contributed by atoms with Crippen LogP contribution < -0.4 is 10.8 Å². The molecule has 2 aromatic rings. The van der Waals surface area contributed by atoms with Crippen LogP contribution in [-0.4, -0.2) is 40.5 Å². The zero-order chi connectivity index (χ0) is 19.2. The van der Waals surface area contributed by atoms with Crippen molar-refractivity contribution in [1.82, 2.24) is 15.8 Å². The van der Waals surface area contributed by atoms with Gasteiger partial charge in [-0.2, -0.15) is 5.48 Å². The van der Waals surface area contributed by atoms with Gasteiger partial charge in [-0.25, -0.2) is 9.27 Å². The van der Waals surface area contributed by atoms with Crippen LogP contribution in [0.15, 0.2) is 34.5 Å². The van der Waals surface area contributed by atoms with E-state index in [-0.39, 0.29) is 12.5 Å². The second kappa shape index (κ2) is 9.67. The first-order valence-corrected chi connectivity index (χ1v) is 10.4. The van der Waals surface area contributed by atoms with Crippen LogP contribution in [0.1, 0.15) is 24.3 Å². The number of benzene rings is 1. The molecule has 144 valence electrons. The Kier molecular flexibility index (Phi) is 7.28. The highest BCUT2D eigenvalue weighted by Gasteiger charge is 2.32. The van der Waals surface area contributed by atoms with Crippen molar-refractivity contribution in [3.8, 4) is 11.3 Å². The fraction of sp³-hybridized carbons (Fsp3) is 0.412. The Bertz CT molecular complexity index is 770. The van der Waals surface area contributed by atoms with Crippen LogP contribution >= 0.6 is 23.4 Å². The summed E-state index contributed by atoms with van der Waals surface area (Å²) >= 11 is 2.71. The Labute approximate surface area is 166 Å². The number of rotatable bonds is 10. The van der Waals surface area contributed by atoms with Crippen molar-refractivity contribution >= 4 is 36.4 Å². The van der Waals surface area contributed by atoms with E-state index in [1.807, 2.05) is 36.6 Å². The monoisotopic (exact) mass is 407 g/mol. The molecule has 1 aliphatic rings. The predicted molar refractivity (Wildman–Crippen MR) is 107 cm³/mol. The largest absolute Gasteiger partial charge is 0.475 e. The molecule has 0 bridgehead atoms. The second-order valence-corrected chi connectivity index (χ2v) is 8.40. The Hall–Kier alpha value is -1.43. The molecule has 1 aromatic carbocycles. The highest BCUT2D eigenvalue weighted by molar-refractivity contribution is 7.94. The van der Waals surface area contributed by atoms with Crippen molar-refractivity contribution < 1.29 is 19.1 Å². The number of nitrogens with zero attached hydrogens (tertiary/aromatic N) is 1. The smallest absolute Gasteiger partial charge is 0.426 e. The lowest BCUT2D eigenvalue weighted by Crippen LogP contribution is -2.49. The summed E-state index contributed by atoms with van der Waals surface area (Å²) in [6.07, 6.45) is 2.75. The maximum absolute atomic E-state index is 11.9. The third kappa shape index (κ3) is 6.60. The lowest BCUT2D eigenvalue weighted by molar-refractivity contribution is -0.121. The molecule has 3 rings (SSSR count). The van der Waals surface area contributed by atoms with Gasteiger partial charge in [0.25, 0.3) is 0 Å². The maximum Gasteiger partial charge on any atom is 0.475 e. The molecule has 1 amide bonds. The fourth-order valence-electron chi connectivity index (χ4n) is 2.60. The van der Waals surface area contributed by atoms with Gasteiger partial charge in [0.05, 0.1) is 28.7 Å². The van der Waals surface area contributed by atoms with Gasteiger partial charge in [0.2, 0.25) is 5.91 Å². The van der Waals surface area contributed by atoms with E-state index >= 15 is 0 Å². The quantitative estimate of drug-likeness (QED) is 0.207. The standard InChI is InChI=1S/C17H22BN3O4S2/c1-11-20-15(10-26-11)13-3-2-4-14(8-13)27-25-19-9-17(22)21-16(18(23)24)7-12-5-6-12/h2-4,8,10,12,16,19,23-24H,5-7,9H2,1H3,(H,21,22).